The number of hydrogen-bond acceptors (Lipinski definition) is 5. The number of nitrogens with one attached hydrogen (secondary N) is 1. The van der Waals surface area contributed by atoms with Crippen molar-refractivity contribution in [2.24, 2.45) is 0 Å². The van der Waals surface area contributed by atoms with Crippen LogP contribution in [0.3, 0.4) is 0 Å². The van der Waals surface area contributed by atoms with Crippen LogP contribution in [0.5, 0.6) is 0 Å². The zero-order valence-electron chi connectivity index (χ0n) is 13.3. The van der Waals surface area contributed by atoms with Crippen molar-refractivity contribution in [2.75, 3.05) is 18.0 Å². The third-order valence-corrected chi connectivity index (χ3v) is 4.49. The summed E-state index contributed by atoms with van der Waals surface area (Å²) >= 11 is 6.07. The van der Waals surface area contributed by atoms with E-state index < -0.39 is 5.91 Å². The summed E-state index contributed by atoms with van der Waals surface area (Å²) in [6, 6.07) is 7.67. The van der Waals surface area contributed by atoms with Crippen LogP contribution in [0.4, 0.5) is 5.69 Å². The molecule has 1 amide bonds. The van der Waals surface area contributed by atoms with Gasteiger partial charge >= 0.3 is 0 Å². The molecule has 6 nitrogen and oxygen atoms in total. The lowest BCUT2D eigenvalue weighted by molar-refractivity contribution is 0.0696. The predicted octanol–water partition coefficient (Wildman–Crippen LogP) is 3.22. The number of carbonyl (C=O) groups excluding carboxylic acids is 1. The van der Waals surface area contributed by atoms with Gasteiger partial charge < -0.3 is 9.42 Å². The molecular weight excluding hydrogens is 330 g/mol. The smallest absolute Gasteiger partial charge is 0.296 e. The number of hydrogen-bond donors (Lipinski definition) is 2. The van der Waals surface area contributed by atoms with Gasteiger partial charge in [0.15, 0.2) is 5.69 Å². The van der Waals surface area contributed by atoms with Crippen LogP contribution < -0.4 is 10.4 Å². The molecule has 0 saturated heterocycles. The molecule has 0 fully saturated rings. The Morgan fingerprint density at radius 1 is 1.38 bits per heavy atom. The highest BCUT2D eigenvalue weighted by Gasteiger charge is 2.17. The molecule has 0 atom stereocenters. The highest BCUT2D eigenvalue weighted by molar-refractivity contribution is 6.30. The third-order valence-electron chi connectivity index (χ3n) is 4.25. The van der Waals surface area contributed by atoms with E-state index in [1.165, 1.54) is 11.3 Å². The highest BCUT2D eigenvalue weighted by atomic mass is 35.5. The number of carbonyl (C=O) groups is 1. The quantitative estimate of drug-likeness (QED) is 0.475. The van der Waals surface area contributed by atoms with Crippen molar-refractivity contribution >= 4 is 23.2 Å². The summed E-state index contributed by atoms with van der Waals surface area (Å²) in [5.41, 5.74) is 4.24. The SMILES string of the molecule is O=C(NO)c1cc(CCCCN2CCCc3cc(Cl)ccc32)on1. The first-order valence-corrected chi connectivity index (χ1v) is 8.48. The number of anilines is 1. The normalized spacial score (nSPS) is 13.7. The fraction of sp³-hybridized carbons (Fsp3) is 0.412. The van der Waals surface area contributed by atoms with Crippen LogP contribution in [-0.4, -0.2) is 29.4 Å². The summed E-state index contributed by atoms with van der Waals surface area (Å²) in [6.07, 6.45) is 4.90. The summed E-state index contributed by atoms with van der Waals surface area (Å²) in [5, 5.41) is 13.0. The minimum Gasteiger partial charge on any atom is -0.371 e. The number of nitrogens with zero attached hydrogens (tertiary/aromatic N) is 2. The van der Waals surface area contributed by atoms with E-state index in [1.807, 2.05) is 6.07 Å². The fourth-order valence-corrected chi connectivity index (χ4v) is 3.27. The Hall–Kier alpha value is -2.05. The number of rotatable bonds is 6. The lowest BCUT2D eigenvalue weighted by Crippen LogP contribution is -2.30. The Balaban J connectivity index is 1.49. The van der Waals surface area contributed by atoms with Crippen molar-refractivity contribution in [2.45, 2.75) is 32.1 Å². The van der Waals surface area contributed by atoms with E-state index in [0.29, 0.717) is 12.2 Å². The summed E-state index contributed by atoms with van der Waals surface area (Å²) in [7, 11) is 0. The van der Waals surface area contributed by atoms with Crippen molar-refractivity contribution < 1.29 is 14.5 Å². The maximum absolute atomic E-state index is 11.2. The van der Waals surface area contributed by atoms with Gasteiger partial charge in [0.1, 0.15) is 5.76 Å². The standard InChI is InChI=1S/C17H20ClN3O3/c18-13-6-7-16-12(10-13)4-3-9-21(16)8-2-1-5-14-11-15(20-24-14)17(22)19-23/h6-7,10-11,23H,1-5,8-9H2,(H,19,22). The number of amides is 1. The third kappa shape index (κ3) is 3.88. The number of aromatic nitrogens is 1. The van der Waals surface area contributed by atoms with Crippen LogP contribution in [0, 0.1) is 0 Å². The minimum atomic E-state index is -0.659. The van der Waals surface area contributed by atoms with E-state index in [1.54, 1.807) is 11.5 Å². The number of halogens is 1. The molecule has 0 radical (unpaired) electrons. The molecule has 0 bridgehead atoms. The molecule has 3 rings (SSSR count). The van der Waals surface area contributed by atoms with Crippen LogP contribution in [-0.2, 0) is 12.8 Å². The molecule has 1 aromatic carbocycles. The Labute approximate surface area is 145 Å². The number of aryl methyl sites for hydroxylation is 2. The molecule has 128 valence electrons. The van der Waals surface area contributed by atoms with Gasteiger partial charge in [-0.3, -0.25) is 10.0 Å². The Bertz CT molecular complexity index is 717. The van der Waals surface area contributed by atoms with Crippen molar-refractivity contribution in [3.63, 3.8) is 0 Å². The first kappa shape index (κ1) is 16.8. The Morgan fingerprint density at radius 3 is 3.08 bits per heavy atom. The lowest BCUT2D eigenvalue weighted by Gasteiger charge is -2.31. The van der Waals surface area contributed by atoms with E-state index in [9.17, 15) is 4.79 Å². The van der Waals surface area contributed by atoms with Gasteiger partial charge in [0.2, 0.25) is 0 Å². The first-order valence-electron chi connectivity index (χ1n) is 8.11. The maximum atomic E-state index is 11.2. The second kappa shape index (κ2) is 7.68. The van der Waals surface area contributed by atoms with Gasteiger partial charge in [-0.1, -0.05) is 16.8 Å². The van der Waals surface area contributed by atoms with E-state index in [2.05, 4.69) is 22.2 Å². The summed E-state index contributed by atoms with van der Waals surface area (Å²) in [5.74, 6) is -0.00647. The zero-order valence-corrected chi connectivity index (χ0v) is 14.1. The molecule has 0 unspecified atom stereocenters. The molecule has 0 saturated carbocycles. The minimum absolute atomic E-state index is 0.0920. The molecule has 1 aromatic heterocycles. The average Bonchev–Trinajstić information content (AvgIpc) is 3.06. The van der Waals surface area contributed by atoms with Crippen LogP contribution in [0.25, 0.3) is 0 Å². The molecule has 0 spiro atoms. The largest absolute Gasteiger partial charge is 0.371 e. The van der Waals surface area contributed by atoms with Gasteiger partial charge in [-0.2, -0.15) is 0 Å². The monoisotopic (exact) mass is 349 g/mol. The zero-order chi connectivity index (χ0) is 16.9. The van der Waals surface area contributed by atoms with Gasteiger partial charge in [0.05, 0.1) is 0 Å². The molecular formula is C17H20ClN3O3. The molecule has 2 N–H and O–H groups in total. The lowest BCUT2D eigenvalue weighted by atomic mass is 10.0. The van der Waals surface area contributed by atoms with Gasteiger partial charge in [-0.25, -0.2) is 5.48 Å². The van der Waals surface area contributed by atoms with Crippen LogP contribution in [0.15, 0.2) is 28.8 Å². The van der Waals surface area contributed by atoms with Crippen LogP contribution >= 0.6 is 11.6 Å². The van der Waals surface area contributed by atoms with E-state index in [-0.39, 0.29) is 5.69 Å². The van der Waals surface area contributed by atoms with Crippen LogP contribution in [0.2, 0.25) is 5.02 Å². The van der Waals surface area contributed by atoms with E-state index >= 15 is 0 Å². The molecule has 24 heavy (non-hydrogen) atoms. The second-order valence-corrected chi connectivity index (χ2v) is 6.38. The van der Waals surface area contributed by atoms with Crippen LogP contribution in [0.1, 0.15) is 41.1 Å². The Kier molecular flexibility index (Phi) is 5.37. The summed E-state index contributed by atoms with van der Waals surface area (Å²) in [6.45, 7) is 2.05. The second-order valence-electron chi connectivity index (χ2n) is 5.94. The number of fused-ring (bicyclic) bond motifs is 1. The predicted molar refractivity (Wildman–Crippen MR) is 90.7 cm³/mol. The highest BCUT2D eigenvalue weighted by Crippen LogP contribution is 2.29. The van der Waals surface area contributed by atoms with Gasteiger partial charge in [0.25, 0.3) is 5.91 Å². The van der Waals surface area contributed by atoms with E-state index in [4.69, 9.17) is 21.3 Å². The molecule has 0 aliphatic carbocycles. The number of unbranched alkanes of at least 4 members (excludes halogenated alkanes) is 1. The molecule has 1 aliphatic heterocycles. The molecule has 1 aliphatic rings. The molecule has 2 heterocycles. The van der Waals surface area contributed by atoms with E-state index in [0.717, 1.165) is 43.8 Å². The van der Waals surface area contributed by atoms with Crippen molar-refractivity contribution in [1.29, 1.82) is 0 Å². The van der Waals surface area contributed by atoms with Gasteiger partial charge in [-0.15, -0.1) is 0 Å². The average molecular weight is 350 g/mol. The first-order chi connectivity index (χ1) is 11.7. The summed E-state index contributed by atoms with van der Waals surface area (Å²) < 4.78 is 5.10. The molecule has 2 aromatic rings. The Morgan fingerprint density at radius 2 is 2.25 bits per heavy atom. The van der Waals surface area contributed by atoms with Crippen molar-refractivity contribution in [3.8, 4) is 0 Å². The maximum Gasteiger partial charge on any atom is 0.296 e. The topological polar surface area (TPSA) is 78.6 Å². The number of benzene rings is 1. The summed E-state index contributed by atoms with van der Waals surface area (Å²) in [4.78, 5) is 13.6. The molecule has 7 heteroatoms. The number of hydroxylamine groups is 1. The van der Waals surface area contributed by atoms with Crippen molar-refractivity contribution in [1.82, 2.24) is 10.6 Å². The fourth-order valence-electron chi connectivity index (χ4n) is 3.07. The van der Waals surface area contributed by atoms with Gasteiger partial charge in [0, 0.05) is 36.3 Å². The van der Waals surface area contributed by atoms with Crippen molar-refractivity contribution in [3.05, 3.63) is 46.3 Å². The van der Waals surface area contributed by atoms with Gasteiger partial charge in [-0.05, 0) is 49.4 Å².